The molecule has 1 unspecified atom stereocenters. The van der Waals surface area contributed by atoms with E-state index in [1.54, 1.807) is 23.1 Å². The van der Waals surface area contributed by atoms with E-state index in [-0.39, 0.29) is 34.1 Å². The predicted molar refractivity (Wildman–Crippen MR) is 103 cm³/mol. The van der Waals surface area contributed by atoms with E-state index in [9.17, 15) is 18.0 Å². The third kappa shape index (κ3) is 4.44. The molecule has 0 spiro atoms. The predicted octanol–water partition coefficient (Wildman–Crippen LogP) is 2.24. The lowest BCUT2D eigenvalue weighted by Crippen LogP contribution is -2.45. The van der Waals surface area contributed by atoms with Gasteiger partial charge in [-0.25, -0.2) is 8.42 Å². The maximum atomic E-state index is 12.9. The molecule has 0 bridgehead atoms. The van der Waals surface area contributed by atoms with Crippen LogP contribution in [0.4, 0.5) is 0 Å². The summed E-state index contributed by atoms with van der Waals surface area (Å²) in [6.07, 6.45) is 2.77. The third-order valence-electron chi connectivity index (χ3n) is 4.82. The maximum absolute atomic E-state index is 12.9. The van der Waals surface area contributed by atoms with Crippen molar-refractivity contribution in [3.8, 4) is 0 Å². The van der Waals surface area contributed by atoms with Crippen LogP contribution in [-0.2, 0) is 20.4 Å². The summed E-state index contributed by atoms with van der Waals surface area (Å²) in [6, 6.07) is 9.62. The Balaban J connectivity index is 1.76. The fraction of sp³-hybridized carbons (Fsp3) is 0.400. The van der Waals surface area contributed by atoms with E-state index >= 15 is 0 Å². The SMILES string of the molecule is CCNC(=O)C1CCCN(C(=O)c2occc2CS(=O)(=O)c2ccccc2)C1. The molecule has 1 aromatic carbocycles. The summed E-state index contributed by atoms with van der Waals surface area (Å²) in [6.45, 7) is 3.21. The number of amides is 2. The van der Waals surface area contributed by atoms with Crippen molar-refractivity contribution in [3.05, 3.63) is 54.0 Å². The van der Waals surface area contributed by atoms with Crippen LogP contribution >= 0.6 is 0 Å². The van der Waals surface area contributed by atoms with Crippen molar-refractivity contribution in [2.75, 3.05) is 19.6 Å². The summed E-state index contributed by atoms with van der Waals surface area (Å²) < 4.78 is 30.6. The normalized spacial score (nSPS) is 17.3. The van der Waals surface area contributed by atoms with Crippen molar-refractivity contribution in [1.82, 2.24) is 10.2 Å². The summed E-state index contributed by atoms with van der Waals surface area (Å²) in [5.41, 5.74) is 0.328. The first-order valence-electron chi connectivity index (χ1n) is 9.33. The molecule has 0 saturated carbocycles. The van der Waals surface area contributed by atoms with Crippen LogP contribution in [0.15, 0.2) is 52.0 Å². The standard InChI is InChI=1S/C20H24N2O5S/c1-2-21-19(23)15-7-6-11-22(13-15)20(24)18-16(10-12-27-18)14-28(25,26)17-8-4-3-5-9-17/h3-5,8-10,12,15H,2,6-7,11,13-14H2,1H3,(H,21,23). The van der Waals surface area contributed by atoms with Gasteiger partial charge in [0.1, 0.15) is 0 Å². The van der Waals surface area contributed by atoms with Crippen molar-refractivity contribution in [2.45, 2.75) is 30.4 Å². The van der Waals surface area contributed by atoms with Gasteiger partial charge in [0, 0.05) is 25.2 Å². The van der Waals surface area contributed by atoms with Crippen LogP contribution < -0.4 is 5.32 Å². The molecule has 28 heavy (non-hydrogen) atoms. The number of piperidine rings is 1. The number of nitrogens with one attached hydrogen (secondary N) is 1. The topological polar surface area (TPSA) is 96.7 Å². The Morgan fingerprint density at radius 3 is 2.68 bits per heavy atom. The Morgan fingerprint density at radius 1 is 1.21 bits per heavy atom. The molecule has 1 saturated heterocycles. The van der Waals surface area contributed by atoms with Crippen LogP contribution in [0.5, 0.6) is 0 Å². The molecule has 2 heterocycles. The lowest BCUT2D eigenvalue weighted by molar-refractivity contribution is -0.126. The number of likely N-dealkylation sites (tertiary alicyclic amines) is 1. The van der Waals surface area contributed by atoms with E-state index < -0.39 is 9.84 Å². The number of hydrogen-bond acceptors (Lipinski definition) is 5. The smallest absolute Gasteiger partial charge is 0.289 e. The van der Waals surface area contributed by atoms with Crippen LogP contribution in [0.3, 0.4) is 0 Å². The van der Waals surface area contributed by atoms with Gasteiger partial charge >= 0.3 is 0 Å². The second kappa shape index (κ2) is 8.60. The minimum Gasteiger partial charge on any atom is -0.459 e. The van der Waals surface area contributed by atoms with E-state index in [1.807, 2.05) is 6.92 Å². The average molecular weight is 404 g/mol. The molecule has 1 atom stereocenters. The molecule has 3 rings (SSSR count). The number of carbonyl (C=O) groups excluding carboxylic acids is 2. The number of hydrogen-bond donors (Lipinski definition) is 1. The minimum atomic E-state index is -3.60. The van der Waals surface area contributed by atoms with Gasteiger partial charge in [0.05, 0.1) is 22.8 Å². The summed E-state index contributed by atoms with van der Waals surface area (Å²) in [5, 5.41) is 2.79. The monoisotopic (exact) mass is 404 g/mol. The van der Waals surface area contributed by atoms with Gasteiger partial charge in [0.25, 0.3) is 5.91 Å². The van der Waals surface area contributed by atoms with E-state index in [2.05, 4.69) is 5.32 Å². The molecule has 8 heteroatoms. The highest BCUT2D eigenvalue weighted by Gasteiger charge is 2.31. The summed E-state index contributed by atoms with van der Waals surface area (Å²) >= 11 is 0. The van der Waals surface area contributed by atoms with Crippen LogP contribution in [0.2, 0.25) is 0 Å². The van der Waals surface area contributed by atoms with Crippen molar-refractivity contribution in [1.29, 1.82) is 0 Å². The number of carbonyl (C=O) groups is 2. The fourth-order valence-corrected chi connectivity index (χ4v) is 4.77. The Labute approximate surface area is 164 Å². The zero-order valence-corrected chi connectivity index (χ0v) is 16.6. The van der Waals surface area contributed by atoms with Crippen LogP contribution in [-0.4, -0.2) is 44.8 Å². The second-order valence-corrected chi connectivity index (χ2v) is 8.82. The molecular formula is C20H24N2O5S. The first-order chi connectivity index (χ1) is 13.4. The van der Waals surface area contributed by atoms with Crippen molar-refractivity contribution >= 4 is 21.7 Å². The van der Waals surface area contributed by atoms with Gasteiger partial charge in [-0.2, -0.15) is 0 Å². The highest BCUT2D eigenvalue weighted by molar-refractivity contribution is 7.90. The fourth-order valence-electron chi connectivity index (χ4n) is 3.39. The summed E-state index contributed by atoms with van der Waals surface area (Å²) in [5.74, 6) is -0.994. The molecule has 1 fully saturated rings. The number of furan rings is 1. The van der Waals surface area contributed by atoms with E-state index in [4.69, 9.17) is 4.42 Å². The Morgan fingerprint density at radius 2 is 1.96 bits per heavy atom. The Hall–Kier alpha value is -2.61. The van der Waals surface area contributed by atoms with Crippen molar-refractivity contribution in [2.24, 2.45) is 5.92 Å². The van der Waals surface area contributed by atoms with E-state index in [0.29, 0.717) is 31.6 Å². The molecule has 0 radical (unpaired) electrons. The number of rotatable bonds is 6. The van der Waals surface area contributed by atoms with Gasteiger partial charge in [-0.15, -0.1) is 0 Å². The third-order valence-corrected chi connectivity index (χ3v) is 6.50. The zero-order chi connectivity index (χ0) is 20.1. The minimum absolute atomic E-state index is 0.0241. The van der Waals surface area contributed by atoms with Gasteiger partial charge in [-0.05, 0) is 38.0 Å². The van der Waals surface area contributed by atoms with Gasteiger partial charge in [-0.1, -0.05) is 18.2 Å². The molecule has 0 aliphatic carbocycles. The van der Waals surface area contributed by atoms with Crippen molar-refractivity contribution < 1.29 is 22.4 Å². The van der Waals surface area contributed by atoms with Crippen LogP contribution in [0, 0.1) is 5.92 Å². The number of nitrogens with zero attached hydrogens (tertiary/aromatic N) is 1. The lowest BCUT2D eigenvalue weighted by Gasteiger charge is -2.31. The molecule has 1 aliphatic heterocycles. The Kier molecular flexibility index (Phi) is 6.18. The molecule has 2 aromatic rings. The number of sulfone groups is 1. The Bertz CT molecular complexity index is 937. The maximum Gasteiger partial charge on any atom is 0.289 e. The molecule has 7 nitrogen and oxygen atoms in total. The van der Waals surface area contributed by atoms with Gasteiger partial charge in [-0.3, -0.25) is 9.59 Å². The van der Waals surface area contributed by atoms with Crippen LogP contribution in [0.1, 0.15) is 35.9 Å². The molecular weight excluding hydrogens is 380 g/mol. The first kappa shape index (κ1) is 20.1. The van der Waals surface area contributed by atoms with Gasteiger partial charge in [0.2, 0.25) is 5.91 Å². The lowest BCUT2D eigenvalue weighted by atomic mass is 9.97. The molecule has 1 aliphatic rings. The summed E-state index contributed by atoms with van der Waals surface area (Å²) in [4.78, 5) is 26.8. The van der Waals surface area contributed by atoms with E-state index in [0.717, 1.165) is 6.42 Å². The highest BCUT2D eigenvalue weighted by atomic mass is 32.2. The average Bonchev–Trinajstić information content (AvgIpc) is 3.15. The van der Waals surface area contributed by atoms with Crippen LogP contribution in [0.25, 0.3) is 0 Å². The van der Waals surface area contributed by atoms with Gasteiger partial charge in [0.15, 0.2) is 15.6 Å². The number of benzene rings is 1. The molecule has 1 aromatic heterocycles. The largest absolute Gasteiger partial charge is 0.459 e. The van der Waals surface area contributed by atoms with Gasteiger partial charge < -0.3 is 14.6 Å². The van der Waals surface area contributed by atoms with E-state index in [1.165, 1.54) is 24.5 Å². The summed E-state index contributed by atoms with van der Waals surface area (Å²) in [7, 11) is -3.60. The first-order valence-corrected chi connectivity index (χ1v) is 11.0. The van der Waals surface area contributed by atoms with Crippen molar-refractivity contribution in [3.63, 3.8) is 0 Å². The molecule has 1 N–H and O–H groups in total. The zero-order valence-electron chi connectivity index (χ0n) is 15.8. The highest BCUT2D eigenvalue weighted by Crippen LogP contribution is 2.24. The second-order valence-electron chi connectivity index (χ2n) is 6.83. The molecule has 2 amide bonds. The molecule has 150 valence electrons. The quantitative estimate of drug-likeness (QED) is 0.796.